The molecule has 0 fully saturated rings. The van der Waals surface area contributed by atoms with Gasteiger partial charge in [-0.1, -0.05) is 4.48 Å². The summed E-state index contributed by atoms with van der Waals surface area (Å²) in [4.78, 5) is -0.208. The van der Waals surface area contributed by atoms with Gasteiger partial charge in [0.05, 0.1) is 39.5 Å². The number of ether oxygens (including phenoxy) is 4. The summed E-state index contributed by atoms with van der Waals surface area (Å²) in [5.74, 6) is 1.56. The molecule has 0 spiro atoms. The van der Waals surface area contributed by atoms with Gasteiger partial charge in [-0.05, 0) is 48.0 Å². The molecule has 2 aromatic rings. The summed E-state index contributed by atoms with van der Waals surface area (Å²) in [5.41, 5.74) is 0.456. The van der Waals surface area contributed by atoms with Gasteiger partial charge < -0.3 is 18.9 Å². The maximum atomic E-state index is 14.3. The highest BCUT2D eigenvalue weighted by molar-refractivity contribution is 7.89. The van der Waals surface area contributed by atoms with Crippen LogP contribution in [-0.4, -0.2) is 41.4 Å². The number of hydrogen-bond donors (Lipinski definition) is 0. The Labute approximate surface area is 157 Å². The van der Waals surface area contributed by atoms with Gasteiger partial charge in [0.1, 0.15) is 5.75 Å². The molecule has 0 N–H and O–H groups in total. The number of hydrogen-bond acceptors (Lipinski definition) is 6. The molecule has 0 aliphatic heterocycles. The summed E-state index contributed by atoms with van der Waals surface area (Å²) in [6.07, 6.45) is 2.06. The fourth-order valence-electron chi connectivity index (χ4n) is 2.27. The molecule has 9 heteroatoms. The molecule has 0 bridgehead atoms. The topological polar surface area (TPSA) is 74.3 Å². The van der Waals surface area contributed by atoms with E-state index in [2.05, 4.69) is 0 Å². The van der Waals surface area contributed by atoms with E-state index in [-0.39, 0.29) is 9.42 Å². The van der Waals surface area contributed by atoms with Crippen molar-refractivity contribution in [2.45, 2.75) is 4.90 Å². The highest BCUT2D eigenvalue weighted by Gasteiger charge is 2.21. The van der Waals surface area contributed by atoms with Crippen LogP contribution in [0.2, 0.25) is 0 Å². The number of rotatable bonds is 8. The second-order valence-electron chi connectivity index (χ2n) is 5.20. The Kier molecular flexibility index (Phi) is 6.51. The summed E-state index contributed by atoms with van der Waals surface area (Å²) < 4.78 is 59.1. The van der Waals surface area contributed by atoms with Crippen LogP contribution in [0.25, 0.3) is 6.08 Å². The lowest BCUT2D eigenvalue weighted by molar-refractivity contribution is 0.209. The number of halogens is 1. The van der Waals surface area contributed by atoms with Gasteiger partial charge in [-0.25, -0.2) is 0 Å². The average molecular weight is 397 g/mol. The van der Waals surface area contributed by atoms with E-state index in [1.807, 2.05) is 0 Å². The highest BCUT2D eigenvalue weighted by Crippen LogP contribution is 2.38. The monoisotopic (exact) mass is 397 g/mol. The predicted molar refractivity (Wildman–Crippen MR) is 98.3 cm³/mol. The average Bonchev–Trinajstić information content (AvgIpc) is 2.70. The molecule has 27 heavy (non-hydrogen) atoms. The van der Waals surface area contributed by atoms with Gasteiger partial charge in [-0.2, -0.15) is 8.42 Å². The van der Waals surface area contributed by atoms with Crippen LogP contribution >= 0.6 is 0 Å². The van der Waals surface area contributed by atoms with Crippen molar-refractivity contribution in [3.05, 3.63) is 48.2 Å². The zero-order chi connectivity index (χ0) is 20.0. The van der Waals surface area contributed by atoms with E-state index < -0.39 is 10.0 Å². The van der Waals surface area contributed by atoms with Gasteiger partial charge in [0.15, 0.2) is 11.5 Å². The Morgan fingerprint density at radius 2 is 1.44 bits per heavy atom. The Morgan fingerprint density at radius 3 is 1.89 bits per heavy atom. The van der Waals surface area contributed by atoms with E-state index in [0.717, 1.165) is 6.20 Å². The second-order valence-corrected chi connectivity index (χ2v) is 6.97. The van der Waals surface area contributed by atoms with Crippen molar-refractivity contribution in [3.8, 4) is 23.0 Å². The van der Waals surface area contributed by atoms with Crippen LogP contribution < -0.4 is 18.9 Å². The molecule has 0 saturated carbocycles. The largest absolute Gasteiger partial charge is 0.497 e. The van der Waals surface area contributed by atoms with Crippen molar-refractivity contribution in [3.63, 3.8) is 0 Å². The van der Waals surface area contributed by atoms with Crippen molar-refractivity contribution in [2.24, 2.45) is 0 Å². The van der Waals surface area contributed by atoms with Crippen LogP contribution in [0.5, 0.6) is 23.0 Å². The standard InChI is InChI=1S/C18H20FNO6S/c1-23-14-5-7-15(8-6-14)27(21,22)20(19)10-9-13-11-16(24-2)18(26-4)17(12-13)25-3/h5-12H,1-4H3. The molecule has 146 valence electrons. The van der Waals surface area contributed by atoms with Crippen LogP contribution in [0.4, 0.5) is 4.48 Å². The zero-order valence-electron chi connectivity index (χ0n) is 15.3. The van der Waals surface area contributed by atoms with Gasteiger partial charge >= 0.3 is 0 Å². The first kappa shape index (κ1) is 20.4. The first-order valence-electron chi connectivity index (χ1n) is 7.69. The summed E-state index contributed by atoms with van der Waals surface area (Å²) in [6.45, 7) is 0. The fraction of sp³-hybridized carbons (Fsp3) is 0.222. The second kappa shape index (κ2) is 8.63. The normalized spacial score (nSPS) is 11.3. The van der Waals surface area contributed by atoms with E-state index in [1.54, 1.807) is 12.1 Å². The van der Waals surface area contributed by atoms with Gasteiger partial charge in [0.2, 0.25) is 5.75 Å². The number of methoxy groups -OCH3 is 4. The van der Waals surface area contributed by atoms with E-state index in [4.69, 9.17) is 18.9 Å². The van der Waals surface area contributed by atoms with Gasteiger partial charge in [0, 0.05) is 0 Å². The molecule has 0 aliphatic carbocycles. The number of nitrogens with zero attached hydrogens (tertiary/aromatic N) is 1. The van der Waals surface area contributed by atoms with E-state index in [9.17, 15) is 12.9 Å². The molecule has 0 heterocycles. The molecule has 0 atom stereocenters. The lowest BCUT2D eigenvalue weighted by Crippen LogP contribution is -2.17. The molecule has 0 aliphatic rings. The Hall–Kier alpha value is -2.94. The molecular weight excluding hydrogens is 377 g/mol. The van der Waals surface area contributed by atoms with Crippen LogP contribution in [0.1, 0.15) is 5.56 Å². The summed E-state index contributed by atoms with van der Waals surface area (Å²) in [5, 5.41) is 0. The molecule has 2 aromatic carbocycles. The first-order chi connectivity index (χ1) is 12.9. The predicted octanol–water partition coefficient (Wildman–Crippen LogP) is 3.27. The summed E-state index contributed by atoms with van der Waals surface area (Å²) in [7, 11) is 1.46. The van der Waals surface area contributed by atoms with Crippen molar-refractivity contribution >= 4 is 16.1 Å². The van der Waals surface area contributed by atoms with Crippen LogP contribution in [0.3, 0.4) is 0 Å². The maximum Gasteiger partial charge on any atom is 0.290 e. The Balaban J connectivity index is 2.30. The molecule has 0 amide bonds. The summed E-state index contributed by atoms with van der Waals surface area (Å²) in [6, 6.07) is 8.51. The van der Waals surface area contributed by atoms with Crippen LogP contribution in [0.15, 0.2) is 47.5 Å². The molecule has 0 unspecified atom stereocenters. The third-order valence-corrected chi connectivity index (χ3v) is 5.11. The van der Waals surface area contributed by atoms with Gasteiger partial charge in [-0.15, -0.1) is 4.53 Å². The van der Waals surface area contributed by atoms with E-state index in [1.165, 1.54) is 58.8 Å². The van der Waals surface area contributed by atoms with E-state index in [0.29, 0.717) is 28.6 Å². The van der Waals surface area contributed by atoms with Gasteiger partial charge in [0.25, 0.3) is 10.0 Å². The van der Waals surface area contributed by atoms with Crippen molar-refractivity contribution < 1.29 is 31.8 Å². The minimum absolute atomic E-state index is 0.208. The Bertz CT molecular complexity index is 887. The third kappa shape index (κ3) is 4.43. The van der Waals surface area contributed by atoms with Crippen LogP contribution in [-0.2, 0) is 10.0 Å². The zero-order valence-corrected chi connectivity index (χ0v) is 16.1. The first-order valence-corrected chi connectivity index (χ1v) is 9.13. The van der Waals surface area contributed by atoms with Crippen LogP contribution in [0, 0.1) is 0 Å². The number of benzene rings is 2. The molecule has 7 nitrogen and oxygen atoms in total. The van der Waals surface area contributed by atoms with Crippen molar-refractivity contribution in [1.29, 1.82) is 0 Å². The summed E-state index contributed by atoms with van der Waals surface area (Å²) >= 11 is 0. The minimum atomic E-state index is -4.34. The fourth-order valence-corrected chi connectivity index (χ4v) is 3.17. The van der Waals surface area contributed by atoms with Crippen molar-refractivity contribution in [1.82, 2.24) is 4.53 Å². The Morgan fingerprint density at radius 1 is 0.889 bits per heavy atom. The molecular formula is C18H20FNO6S. The lowest BCUT2D eigenvalue weighted by Gasteiger charge is -2.13. The van der Waals surface area contributed by atoms with Gasteiger partial charge in [-0.3, -0.25) is 0 Å². The number of sulfonamides is 1. The SMILES string of the molecule is COc1ccc(S(=O)(=O)N(F)C=Cc2cc(OC)c(OC)c(OC)c2)cc1. The smallest absolute Gasteiger partial charge is 0.290 e. The lowest BCUT2D eigenvalue weighted by atomic mass is 10.2. The molecule has 0 saturated heterocycles. The quantitative estimate of drug-likeness (QED) is 0.637. The molecule has 2 rings (SSSR count). The molecule has 0 aromatic heterocycles. The minimum Gasteiger partial charge on any atom is -0.497 e. The van der Waals surface area contributed by atoms with Crippen molar-refractivity contribution in [2.75, 3.05) is 28.4 Å². The third-order valence-electron chi connectivity index (χ3n) is 3.66. The van der Waals surface area contributed by atoms with E-state index >= 15 is 0 Å². The molecule has 0 radical (unpaired) electrons. The highest BCUT2D eigenvalue weighted by atomic mass is 32.2. The maximum absolute atomic E-state index is 14.3.